The third-order valence-corrected chi connectivity index (χ3v) is 4.90. The molecule has 0 saturated heterocycles. The molecule has 0 aromatic carbocycles. The first-order valence-corrected chi connectivity index (χ1v) is 7.72. The Balaban J connectivity index is 2.14. The Kier molecular flexibility index (Phi) is 4.06. The maximum Gasteiger partial charge on any atom is 0.326 e. The fourth-order valence-corrected chi connectivity index (χ4v) is 2.59. The highest BCUT2D eigenvalue weighted by Crippen LogP contribution is 2.33. The molecule has 1 atom stereocenters. The number of hydrogen-bond acceptors (Lipinski definition) is 5. The molecule has 0 spiro atoms. The van der Waals surface area contributed by atoms with E-state index in [1.807, 2.05) is 0 Å². The van der Waals surface area contributed by atoms with Crippen molar-refractivity contribution in [1.29, 1.82) is 0 Å². The van der Waals surface area contributed by atoms with Crippen molar-refractivity contribution in [3.8, 4) is 0 Å². The molecule has 21 heavy (non-hydrogen) atoms. The van der Waals surface area contributed by atoms with Gasteiger partial charge in [0.05, 0.1) is 5.56 Å². The van der Waals surface area contributed by atoms with E-state index >= 15 is 0 Å². The summed E-state index contributed by atoms with van der Waals surface area (Å²) >= 11 is 0. The maximum atomic E-state index is 12.0. The molecule has 0 aliphatic heterocycles. The lowest BCUT2D eigenvalue weighted by atomic mass is 10.2. The molecule has 1 saturated carbocycles. The first kappa shape index (κ1) is 15.5. The lowest BCUT2D eigenvalue weighted by molar-refractivity contribution is -0.139. The summed E-state index contributed by atoms with van der Waals surface area (Å²) in [6, 6.07) is 0.123. The highest BCUT2D eigenvalue weighted by Gasteiger charge is 2.37. The second-order valence-electron chi connectivity index (χ2n) is 5.07. The van der Waals surface area contributed by atoms with Gasteiger partial charge in [0.2, 0.25) is 5.09 Å². The normalized spacial score (nSPS) is 16.7. The second kappa shape index (κ2) is 5.49. The number of carboxylic acids is 1. The lowest BCUT2D eigenvalue weighted by Crippen LogP contribution is -2.42. The molecule has 116 valence electrons. The van der Waals surface area contributed by atoms with Crippen molar-refractivity contribution in [2.45, 2.75) is 24.0 Å². The first-order valence-electron chi connectivity index (χ1n) is 6.28. The summed E-state index contributed by atoms with van der Waals surface area (Å²) in [6.45, 7) is 0. The number of furan rings is 1. The predicted molar refractivity (Wildman–Crippen MR) is 71.2 cm³/mol. The molecule has 1 amide bonds. The number of sulfonamides is 1. The Morgan fingerprint density at radius 2 is 2.05 bits per heavy atom. The van der Waals surface area contributed by atoms with E-state index in [1.54, 1.807) is 0 Å². The monoisotopic (exact) mass is 316 g/mol. The molecule has 2 N–H and O–H groups in total. The zero-order valence-corrected chi connectivity index (χ0v) is 12.4. The van der Waals surface area contributed by atoms with Gasteiger partial charge in [0, 0.05) is 20.2 Å². The Bertz CT molecular complexity index is 659. The van der Waals surface area contributed by atoms with Gasteiger partial charge in [-0.05, 0) is 18.8 Å². The molecule has 0 bridgehead atoms. The second-order valence-corrected chi connectivity index (χ2v) is 7.15. The summed E-state index contributed by atoms with van der Waals surface area (Å²) in [7, 11) is -1.09. The van der Waals surface area contributed by atoms with Crippen LogP contribution in [-0.4, -0.2) is 49.8 Å². The quantitative estimate of drug-likeness (QED) is 0.770. The van der Waals surface area contributed by atoms with Gasteiger partial charge in [0.25, 0.3) is 15.9 Å². The summed E-state index contributed by atoms with van der Waals surface area (Å²) in [5.74, 6) is -1.84. The molecule has 9 heteroatoms. The van der Waals surface area contributed by atoms with Crippen LogP contribution in [-0.2, 0) is 14.8 Å². The fraction of sp³-hybridized carbons (Fsp3) is 0.500. The third kappa shape index (κ3) is 3.24. The molecule has 1 aliphatic rings. The van der Waals surface area contributed by atoms with Gasteiger partial charge < -0.3 is 14.8 Å². The van der Waals surface area contributed by atoms with Gasteiger partial charge in [-0.2, -0.15) is 0 Å². The summed E-state index contributed by atoms with van der Waals surface area (Å²) in [6.07, 6.45) is 2.50. The third-order valence-electron chi connectivity index (χ3n) is 3.22. The number of carbonyl (C=O) groups excluding carboxylic acids is 1. The molecule has 1 unspecified atom stereocenters. The predicted octanol–water partition coefficient (Wildman–Crippen LogP) is 0.123. The van der Waals surface area contributed by atoms with Crippen LogP contribution in [0.4, 0.5) is 0 Å². The van der Waals surface area contributed by atoms with Crippen molar-refractivity contribution in [2.24, 2.45) is 5.92 Å². The number of hydrogen-bond donors (Lipinski definition) is 2. The molecular weight excluding hydrogens is 300 g/mol. The van der Waals surface area contributed by atoms with E-state index in [-0.39, 0.29) is 16.6 Å². The number of nitrogens with one attached hydrogen (secondary N) is 1. The molecular formula is C12H16N2O6S. The van der Waals surface area contributed by atoms with Crippen molar-refractivity contribution in [2.75, 3.05) is 14.1 Å². The minimum Gasteiger partial charge on any atom is -0.480 e. The van der Waals surface area contributed by atoms with Crippen molar-refractivity contribution in [3.05, 3.63) is 17.9 Å². The number of carbonyl (C=O) groups is 2. The van der Waals surface area contributed by atoms with E-state index < -0.39 is 27.9 Å². The molecule has 1 heterocycles. The van der Waals surface area contributed by atoms with Crippen LogP contribution in [0.15, 0.2) is 21.8 Å². The van der Waals surface area contributed by atoms with Crippen LogP contribution in [0.3, 0.4) is 0 Å². The summed E-state index contributed by atoms with van der Waals surface area (Å²) in [5.41, 5.74) is -0.0256. The fourth-order valence-electron chi connectivity index (χ4n) is 1.79. The van der Waals surface area contributed by atoms with Crippen LogP contribution in [0.2, 0.25) is 0 Å². The molecule has 1 aromatic rings. The largest absolute Gasteiger partial charge is 0.480 e. The maximum absolute atomic E-state index is 12.0. The first-order chi connectivity index (χ1) is 9.73. The summed E-state index contributed by atoms with van der Waals surface area (Å²) in [5, 5.41) is 11.1. The van der Waals surface area contributed by atoms with Crippen LogP contribution in [0.1, 0.15) is 23.2 Å². The average molecular weight is 316 g/mol. The van der Waals surface area contributed by atoms with Crippen molar-refractivity contribution in [1.82, 2.24) is 9.62 Å². The molecule has 1 fully saturated rings. The Morgan fingerprint density at radius 3 is 2.52 bits per heavy atom. The topological polar surface area (TPSA) is 117 Å². The Morgan fingerprint density at radius 1 is 1.43 bits per heavy atom. The number of rotatable bonds is 6. The van der Waals surface area contributed by atoms with Crippen molar-refractivity contribution < 1.29 is 27.5 Å². The van der Waals surface area contributed by atoms with E-state index in [0.29, 0.717) is 0 Å². The lowest BCUT2D eigenvalue weighted by Gasteiger charge is -2.12. The van der Waals surface area contributed by atoms with E-state index in [2.05, 4.69) is 5.32 Å². The summed E-state index contributed by atoms with van der Waals surface area (Å²) in [4.78, 5) is 23.0. The van der Waals surface area contributed by atoms with Crippen molar-refractivity contribution in [3.63, 3.8) is 0 Å². The van der Waals surface area contributed by atoms with Gasteiger partial charge in [0.1, 0.15) is 12.3 Å². The summed E-state index contributed by atoms with van der Waals surface area (Å²) < 4.78 is 29.5. The molecule has 0 radical (unpaired) electrons. The Labute approximate surface area is 121 Å². The highest BCUT2D eigenvalue weighted by molar-refractivity contribution is 7.88. The number of aliphatic carboxylic acids is 1. The zero-order chi connectivity index (χ0) is 15.8. The van der Waals surface area contributed by atoms with Gasteiger partial charge >= 0.3 is 5.97 Å². The standard InChI is InChI=1S/C12H16N2O6S/c1-14(2)21(18,19)9-5-8(6-20-9)11(15)13-10(12(16)17)7-3-4-7/h5-7,10H,3-4H2,1-2H3,(H,13,15)(H,16,17). The highest BCUT2D eigenvalue weighted by atomic mass is 32.2. The van der Waals surface area contributed by atoms with Gasteiger partial charge in [0.15, 0.2) is 0 Å². The minimum atomic E-state index is -3.77. The molecule has 8 nitrogen and oxygen atoms in total. The van der Waals surface area contributed by atoms with Gasteiger partial charge in [-0.3, -0.25) is 4.79 Å². The van der Waals surface area contributed by atoms with E-state index in [9.17, 15) is 18.0 Å². The van der Waals surface area contributed by atoms with E-state index in [0.717, 1.165) is 29.5 Å². The van der Waals surface area contributed by atoms with Gasteiger partial charge in [-0.1, -0.05) is 0 Å². The Hall–Kier alpha value is -1.87. The van der Waals surface area contributed by atoms with Crippen LogP contribution >= 0.6 is 0 Å². The van der Waals surface area contributed by atoms with Crippen LogP contribution < -0.4 is 5.32 Å². The van der Waals surface area contributed by atoms with Crippen LogP contribution in [0.5, 0.6) is 0 Å². The number of nitrogens with zero attached hydrogens (tertiary/aromatic N) is 1. The number of carboxylic acid groups (broad SMARTS) is 1. The molecule has 1 aliphatic carbocycles. The van der Waals surface area contributed by atoms with Gasteiger partial charge in [-0.25, -0.2) is 17.5 Å². The molecule has 2 rings (SSSR count). The number of amides is 1. The zero-order valence-electron chi connectivity index (χ0n) is 11.6. The van der Waals surface area contributed by atoms with E-state index in [4.69, 9.17) is 9.52 Å². The van der Waals surface area contributed by atoms with Crippen LogP contribution in [0.25, 0.3) is 0 Å². The van der Waals surface area contributed by atoms with Crippen LogP contribution in [0, 0.1) is 5.92 Å². The van der Waals surface area contributed by atoms with Gasteiger partial charge in [-0.15, -0.1) is 0 Å². The smallest absolute Gasteiger partial charge is 0.326 e. The SMILES string of the molecule is CN(C)S(=O)(=O)c1cc(C(=O)NC(C(=O)O)C2CC2)co1. The van der Waals surface area contributed by atoms with E-state index in [1.165, 1.54) is 14.1 Å². The molecule has 1 aromatic heterocycles. The van der Waals surface area contributed by atoms with Crippen molar-refractivity contribution >= 4 is 21.9 Å². The average Bonchev–Trinajstić information content (AvgIpc) is 3.09. The minimum absolute atomic E-state index is 0.0256.